The van der Waals surface area contributed by atoms with Crippen LogP contribution in [0.2, 0.25) is 0 Å². The molecule has 558 valence electrons. The van der Waals surface area contributed by atoms with Gasteiger partial charge in [0.2, 0.25) is 0 Å². The Labute approximate surface area is 595 Å². The van der Waals surface area contributed by atoms with Crippen LogP contribution < -0.4 is 4.89 Å². The standard InChI is InChI=1S/C86H156NO8P/c1-6-8-10-12-14-16-18-20-22-24-26-28-30-32-34-36-38-40-41-42-43-44-45-47-49-51-53-55-57-59-61-63-65-67-69-71-73-75-77-79-86(89)95-84(83-94-96(90,91)93-81-80-87(3,4)5)82-92-85(88)78-76-74-72-70-68-66-64-62-60-58-56-54-52-50-48-46-39-37-35-33-31-29-27-25-23-21-19-17-15-13-11-9-7-2/h8,10,14,16,19-22,25-28,31-34,84H,6-7,9,11-13,15,17-18,23-24,29-30,35-83H2,1-5H3/b10-8-,16-14-,21-19-,22-20-,27-25-,28-26-,33-31-,34-32-. The van der Waals surface area contributed by atoms with Crippen molar-refractivity contribution in [1.29, 1.82) is 0 Å². The van der Waals surface area contributed by atoms with Crippen LogP contribution in [-0.2, 0) is 32.7 Å². The minimum absolute atomic E-state index is 0.0304. The highest BCUT2D eigenvalue weighted by Gasteiger charge is 2.22. The van der Waals surface area contributed by atoms with Crippen LogP contribution in [0, 0.1) is 0 Å². The number of carbonyl (C=O) groups is 2. The normalized spacial score (nSPS) is 13.5. The first kappa shape index (κ1) is 92.9. The lowest BCUT2D eigenvalue weighted by Crippen LogP contribution is -2.37. The van der Waals surface area contributed by atoms with Gasteiger partial charge in [0.15, 0.2) is 6.10 Å². The zero-order valence-corrected chi connectivity index (χ0v) is 64.7. The molecule has 0 aromatic carbocycles. The lowest BCUT2D eigenvalue weighted by atomic mass is 10.0. The number of ether oxygens (including phenoxy) is 2. The first-order valence-corrected chi connectivity index (χ1v) is 42.4. The third kappa shape index (κ3) is 79.9. The largest absolute Gasteiger partial charge is 0.756 e. The summed E-state index contributed by atoms with van der Waals surface area (Å²) >= 11 is 0. The van der Waals surface area contributed by atoms with E-state index in [1.807, 2.05) is 21.1 Å². The molecule has 0 rings (SSSR count). The van der Waals surface area contributed by atoms with Crippen LogP contribution in [0.3, 0.4) is 0 Å². The predicted molar refractivity (Wildman–Crippen MR) is 416 cm³/mol. The van der Waals surface area contributed by atoms with Gasteiger partial charge in [-0.25, -0.2) is 0 Å². The van der Waals surface area contributed by atoms with E-state index < -0.39 is 26.5 Å². The number of nitrogens with zero attached hydrogens (tertiary/aromatic N) is 1. The van der Waals surface area contributed by atoms with E-state index in [9.17, 15) is 19.0 Å². The van der Waals surface area contributed by atoms with E-state index in [-0.39, 0.29) is 32.0 Å². The van der Waals surface area contributed by atoms with Gasteiger partial charge in [-0.3, -0.25) is 14.2 Å². The molecule has 0 heterocycles. The molecule has 0 spiro atoms. The Bertz CT molecular complexity index is 1940. The Morgan fingerprint density at radius 2 is 0.594 bits per heavy atom. The van der Waals surface area contributed by atoms with Crippen molar-refractivity contribution in [2.45, 2.75) is 392 Å². The van der Waals surface area contributed by atoms with E-state index in [4.69, 9.17) is 18.5 Å². The van der Waals surface area contributed by atoms with Gasteiger partial charge in [-0.1, -0.05) is 374 Å². The molecular formula is C86H156NO8P. The lowest BCUT2D eigenvalue weighted by Gasteiger charge is -2.28. The minimum atomic E-state index is -4.65. The molecule has 0 saturated carbocycles. The second-order valence-electron chi connectivity index (χ2n) is 28.8. The number of hydrogen-bond acceptors (Lipinski definition) is 8. The van der Waals surface area contributed by atoms with Gasteiger partial charge in [0.05, 0.1) is 27.7 Å². The third-order valence-corrected chi connectivity index (χ3v) is 19.1. The maximum absolute atomic E-state index is 12.9. The lowest BCUT2D eigenvalue weighted by molar-refractivity contribution is -0.870. The average molecular weight is 1360 g/mol. The smallest absolute Gasteiger partial charge is 0.306 e. The van der Waals surface area contributed by atoms with E-state index in [1.165, 1.54) is 276 Å². The van der Waals surface area contributed by atoms with Gasteiger partial charge in [-0.15, -0.1) is 0 Å². The summed E-state index contributed by atoms with van der Waals surface area (Å²) in [5.41, 5.74) is 0. The number of allylic oxidation sites excluding steroid dienone is 16. The van der Waals surface area contributed by atoms with Crippen LogP contribution >= 0.6 is 7.82 Å². The Morgan fingerprint density at radius 1 is 0.333 bits per heavy atom. The SMILES string of the molecule is CC/C=C\C/C=C\C/C=C\C/C=C\C/C=C\CCCCCCCCCCCCCCCCCCCCCCCCCC(=O)OC(COC(=O)CCCCCCCCCCCCCCCCCCCC/C=C\C/C=C\C/C=C\CCCCCCC)COP(=O)([O-])OCC[N+](C)(C)C. The third-order valence-electron chi connectivity index (χ3n) is 18.1. The topological polar surface area (TPSA) is 111 Å². The molecule has 2 unspecified atom stereocenters. The zero-order chi connectivity index (χ0) is 69.7. The van der Waals surface area contributed by atoms with Crippen molar-refractivity contribution in [2.75, 3.05) is 47.5 Å². The molecule has 0 saturated heterocycles. The molecule has 0 aromatic heterocycles. The summed E-state index contributed by atoms with van der Waals surface area (Å²) in [6.45, 7) is 4.17. The van der Waals surface area contributed by atoms with E-state index >= 15 is 0 Å². The van der Waals surface area contributed by atoms with E-state index in [0.29, 0.717) is 17.4 Å². The molecule has 0 aliphatic heterocycles. The van der Waals surface area contributed by atoms with Crippen molar-refractivity contribution in [3.63, 3.8) is 0 Å². The van der Waals surface area contributed by atoms with Gasteiger partial charge in [0.1, 0.15) is 19.8 Å². The van der Waals surface area contributed by atoms with Crippen LogP contribution in [0.1, 0.15) is 386 Å². The van der Waals surface area contributed by atoms with Crippen LogP contribution in [0.5, 0.6) is 0 Å². The molecule has 0 aliphatic rings. The molecule has 2 atom stereocenters. The molecule has 9 nitrogen and oxygen atoms in total. The van der Waals surface area contributed by atoms with Crippen molar-refractivity contribution >= 4 is 19.8 Å². The number of esters is 2. The van der Waals surface area contributed by atoms with Crippen molar-refractivity contribution in [3.8, 4) is 0 Å². The van der Waals surface area contributed by atoms with Crippen LogP contribution in [-0.4, -0.2) is 70.0 Å². The number of hydrogen-bond donors (Lipinski definition) is 0. The number of phosphoric acid groups is 1. The van der Waals surface area contributed by atoms with Crippen molar-refractivity contribution in [1.82, 2.24) is 0 Å². The van der Waals surface area contributed by atoms with E-state index in [0.717, 1.165) is 77.0 Å². The molecule has 0 amide bonds. The Morgan fingerprint density at radius 3 is 0.885 bits per heavy atom. The fourth-order valence-electron chi connectivity index (χ4n) is 11.9. The second-order valence-corrected chi connectivity index (χ2v) is 30.2. The van der Waals surface area contributed by atoms with Crippen LogP contribution in [0.15, 0.2) is 97.2 Å². The van der Waals surface area contributed by atoms with Crippen LogP contribution in [0.25, 0.3) is 0 Å². The van der Waals surface area contributed by atoms with Gasteiger partial charge in [-0.05, 0) is 96.3 Å². The average Bonchev–Trinajstić information content (AvgIpc) is 1.98. The van der Waals surface area contributed by atoms with Gasteiger partial charge in [0.25, 0.3) is 7.82 Å². The summed E-state index contributed by atoms with van der Waals surface area (Å²) < 4.78 is 34.4. The first-order chi connectivity index (χ1) is 47.0. The number of likely N-dealkylation sites (N-methyl/N-ethyl adjacent to an activating group) is 1. The van der Waals surface area contributed by atoms with Crippen molar-refractivity contribution in [3.05, 3.63) is 97.2 Å². The van der Waals surface area contributed by atoms with Gasteiger partial charge in [0, 0.05) is 12.8 Å². The Balaban J connectivity index is 3.92. The number of phosphoric ester groups is 1. The second kappa shape index (κ2) is 76.1. The molecule has 0 N–H and O–H groups in total. The number of rotatable bonds is 76. The summed E-state index contributed by atoms with van der Waals surface area (Å²) in [5, 5.41) is 0. The fourth-order valence-corrected chi connectivity index (χ4v) is 12.6. The zero-order valence-electron chi connectivity index (χ0n) is 63.8. The van der Waals surface area contributed by atoms with Crippen LogP contribution in [0.4, 0.5) is 0 Å². The van der Waals surface area contributed by atoms with E-state index in [2.05, 4.69) is 111 Å². The first-order valence-electron chi connectivity index (χ1n) is 40.9. The highest BCUT2D eigenvalue weighted by atomic mass is 31.2. The highest BCUT2D eigenvalue weighted by molar-refractivity contribution is 7.45. The molecule has 96 heavy (non-hydrogen) atoms. The quantitative estimate of drug-likeness (QED) is 0.0195. The molecule has 0 fully saturated rings. The highest BCUT2D eigenvalue weighted by Crippen LogP contribution is 2.38. The summed E-state index contributed by atoms with van der Waals surface area (Å²) in [6, 6.07) is 0. The molecule has 0 aliphatic carbocycles. The van der Waals surface area contributed by atoms with E-state index in [1.54, 1.807) is 0 Å². The maximum Gasteiger partial charge on any atom is 0.306 e. The van der Waals surface area contributed by atoms with Crippen molar-refractivity contribution in [2.24, 2.45) is 0 Å². The monoisotopic (exact) mass is 1360 g/mol. The summed E-state index contributed by atoms with van der Waals surface area (Å²) in [6.07, 6.45) is 107. The number of quaternary nitrogens is 1. The predicted octanol–water partition coefficient (Wildman–Crippen LogP) is 26.8. The minimum Gasteiger partial charge on any atom is -0.756 e. The van der Waals surface area contributed by atoms with Crippen molar-refractivity contribution < 1.29 is 42.1 Å². The Hall–Kier alpha value is -3.07. The van der Waals surface area contributed by atoms with Gasteiger partial charge in [-0.2, -0.15) is 0 Å². The molecule has 0 bridgehead atoms. The fraction of sp³-hybridized carbons (Fsp3) is 0.791. The summed E-state index contributed by atoms with van der Waals surface area (Å²) in [5.74, 6) is -0.815. The maximum atomic E-state index is 12.9. The molecular weight excluding hydrogens is 1210 g/mol. The van der Waals surface area contributed by atoms with Gasteiger partial charge >= 0.3 is 11.9 Å². The molecule has 10 heteroatoms. The number of carbonyl (C=O) groups excluding carboxylic acids is 2. The summed E-state index contributed by atoms with van der Waals surface area (Å²) in [4.78, 5) is 38.2. The Kier molecular flexibility index (Phi) is 73.7. The van der Waals surface area contributed by atoms with Gasteiger partial charge < -0.3 is 27.9 Å². The number of unbranched alkanes of at least 4 members (excludes halogenated alkanes) is 46. The summed E-state index contributed by atoms with van der Waals surface area (Å²) in [7, 11) is 1.18. The molecule has 0 aromatic rings. The molecule has 0 radical (unpaired) electrons.